The van der Waals surface area contributed by atoms with E-state index in [0.717, 1.165) is 16.2 Å². The van der Waals surface area contributed by atoms with Gasteiger partial charge >= 0.3 is 0 Å². The number of rotatable bonds is 3. The second-order valence-corrected chi connectivity index (χ2v) is 4.71. The molecule has 0 aromatic heterocycles. The second kappa shape index (κ2) is 5.61. The van der Waals surface area contributed by atoms with Crippen molar-refractivity contribution in [2.75, 3.05) is 6.26 Å². The Morgan fingerprint density at radius 1 is 1.11 bits per heavy atom. The summed E-state index contributed by atoms with van der Waals surface area (Å²) in [7, 11) is 0. The standard InChI is InChI=1S/C15H13NOS/c1-11-7-8-12(10-16)14(9-11)17-13-5-3-4-6-15(13)18-2/h3-9H,1-2H3. The molecule has 0 saturated carbocycles. The first-order valence-electron chi connectivity index (χ1n) is 5.56. The van der Waals surface area contributed by atoms with Gasteiger partial charge in [-0.3, -0.25) is 0 Å². The van der Waals surface area contributed by atoms with E-state index in [1.165, 1.54) is 0 Å². The minimum Gasteiger partial charge on any atom is -0.455 e. The van der Waals surface area contributed by atoms with Gasteiger partial charge in [-0.1, -0.05) is 18.2 Å². The summed E-state index contributed by atoms with van der Waals surface area (Å²) in [6.45, 7) is 1.98. The first-order chi connectivity index (χ1) is 8.74. The third kappa shape index (κ3) is 2.66. The number of ether oxygens (including phenoxy) is 1. The molecule has 0 aliphatic rings. The van der Waals surface area contributed by atoms with Gasteiger partial charge in [0.2, 0.25) is 0 Å². The van der Waals surface area contributed by atoms with Gasteiger partial charge in [-0.2, -0.15) is 5.26 Å². The smallest absolute Gasteiger partial charge is 0.145 e. The van der Waals surface area contributed by atoms with Crippen LogP contribution < -0.4 is 4.74 Å². The maximum absolute atomic E-state index is 9.08. The average Bonchev–Trinajstić information content (AvgIpc) is 2.40. The lowest BCUT2D eigenvalue weighted by atomic mass is 10.1. The number of thioether (sulfide) groups is 1. The van der Waals surface area contributed by atoms with E-state index in [-0.39, 0.29) is 0 Å². The first kappa shape index (κ1) is 12.5. The van der Waals surface area contributed by atoms with Gasteiger partial charge in [0.25, 0.3) is 0 Å². The van der Waals surface area contributed by atoms with E-state index in [0.29, 0.717) is 11.3 Å². The molecule has 0 unspecified atom stereocenters. The molecule has 0 heterocycles. The minimum absolute atomic E-state index is 0.552. The van der Waals surface area contributed by atoms with Gasteiger partial charge in [-0.25, -0.2) is 0 Å². The summed E-state index contributed by atoms with van der Waals surface area (Å²) in [5.41, 5.74) is 1.63. The third-order valence-electron chi connectivity index (χ3n) is 2.55. The van der Waals surface area contributed by atoms with Crippen LogP contribution >= 0.6 is 11.8 Å². The van der Waals surface area contributed by atoms with E-state index in [1.54, 1.807) is 17.8 Å². The molecule has 0 radical (unpaired) electrons. The van der Waals surface area contributed by atoms with Crippen molar-refractivity contribution in [1.29, 1.82) is 5.26 Å². The predicted molar refractivity (Wildman–Crippen MR) is 74.2 cm³/mol. The summed E-state index contributed by atoms with van der Waals surface area (Å²) in [5, 5.41) is 9.08. The molecular formula is C15H13NOS. The van der Waals surface area contributed by atoms with Crippen molar-refractivity contribution < 1.29 is 4.74 Å². The van der Waals surface area contributed by atoms with E-state index >= 15 is 0 Å². The lowest BCUT2D eigenvalue weighted by Crippen LogP contribution is -1.90. The van der Waals surface area contributed by atoms with Crippen LogP contribution in [0.5, 0.6) is 11.5 Å². The van der Waals surface area contributed by atoms with E-state index in [2.05, 4.69) is 6.07 Å². The molecule has 18 heavy (non-hydrogen) atoms. The number of nitrogens with zero attached hydrogens (tertiary/aromatic N) is 1. The Bertz CT molecular complexity index is 602. The number of aryl methyl sites for hydroxylation is 1. The Kier molecular flexibility index (Phi) is 3.91. The highest BCUT2D eigenvalue weighted by Gasteiger charge is 2.07. The van der Waals surface area contributed by atoms with Crippen molar-refractivity contribution in [1.82, 2.24) is 0 Å². The minimum atomic E-state index is 0.552. The van der Waals surface area contributed by atoms with Crippen molar-refractivity contribution in [2.45, 2.75) is 11.8 Å². The van der Waals surface area contributed by atoms with Crippen LogP contribution in [0.15, 0.2) is 47.4 Å². The lowest BCUT2D eigenvalue weighted by Gasteiger charge is -2.11. The molecule has 0 fully saturated rings. The lowest BCUT2D eigenvalue weighted by molar-refractivity contribution is 0.469. The molecule has 0 atom stereocenters. The Morgan fingerprint density at radius 3 is 2.61 bits per heavy atom. The van der Waals surface area contributed by atoms with Gasteiger partial charge < -0.3 is 4.74 Å². The monoisotopic (exact) mass is 255 g/mol. The maximum atomic E-state index is 9.08. The molecule has 0 aliphatic carbocycles. The molecule has 2 nitrogen and oxygen atoms in total. The van der Waals surface area contributed by atoms with Crippen LogP contribution in [0.1, 0.15) is 11.1 Å². The Morgan fingerprint density at radius 2 is 1.89 bits per heavy atom. The van der Waals surface area contributed by atoms with E-state index < -0.39 is 0 Å². The highest BCUT2D eigenvalue weighted by Crippen LogP contribution is 2.32. The summed E-state index contributed by atoms with van der Waals surface area (Å²) in [6, 6.07) is 15.5. The van der Waals surface area contributed by atoms with Gasteiger partial charge in [0.1, 0.15) is 17.6 Å². The zero-order chi connectivity index (χ0) is 13.0. The number of para-hydroxylation sites is 1. The summed E-state index contributed by atoms with van der Waals surface area (Å²) < 4.78 is 5.86. The molecule has 0 aliphatic heterocycles. The summed E-state index contributed by atoms with van der Waals surface area (Å²) in [6.07, 6.45) is 2.00. The van der Waals surface area contributed by atoms with Gasteiger partial charge in [0.15, 0.2) is 0 Å². The molecule has 0 amide bonds. The van der Waals surface area contributed by atoms with Crippen molar-refractivity contribution in [3.8, 4) is 17.6 Å². The van der Waals surface area contributed by atoms with Crippen LogP contribution in [-0.2, 0) is 0 Å². The summed E-state index contributed by atoms with van der Waals surface area (Å²) >= 11 is 1.62. The number of hydrogen-bond donors (Lipinski definition) is 0. The molecule has 0 N–H and O–H groups in total. The molecule has 2 aromatic rings. The fraction of sp³-hybridized carbons (Fsp3) is 0.133. The number of benzene rings is 2. The van der Waals surface area contributed by atoms with E-state index in [1.807, 2.05) is 49.6 Å². The van der Waals surface area contributed by atoms with Crippen LogP contribution in [0, 0.1) is 18.3 Å². The van der Waals surface area contributed by atoms with Crippen LogP contribution in [0.3, 0.4) is 0 Å². The quantitative estimate of drug-likeness (QED) is 0.763. The Balaban J connectivity index is 2.40. The van der Waals surface area contributed by atoms with Crippen LogP contribution in [0.2, 0.25) is 0 Å². The van der Waals surface area contributed by atoms with E-state index in [9.17, 15) is 0 Å². The van der Waals surface area contributed by atoms with Gasteiger partial charge in [-0.15, -0.1) is 11.8 Å². The molecule has 0 saturated heterocycles. The molecule has 2 aromatic carbocycles. The van der Waals surface area contributed by atoms with Crippen molar-refractivity contribution in [3.63, 3.8) is 0 Å². The fourth-order valence-electron chi connectivity index (χ4n) is 1.63. The summed E-state index contributed by atoms with van der Waals surface area (Å²) in [4.78, 5) is 1.06. The molecule has 2 rings (SSSR count). The topological polar surface area (TPSA) is 33.0 Å². The predicted octanol–water partition coefficient (Wildman–Crippen LogP) is 4.38. The highest BCUT2D eigenvalue weighted by atomic mass is 32.2. The van der Waals surface area contributed by atoms with Crippen molar-refractivity contribution in [3.05, 3.63) is 53.6 Å². The average molecular weight is 255 g/mol. The Labute approximate surface area is 111 Å². The molecule has 0 bridgehead atoms. The Hall–Kier alpha value is -1.92. The van der Waals surface area contributed by atoms with Gasteiger partial charge in [0.05, 0.1) is 5.56 Å². The second-order valence-electron chi connectivity index (χ2n) is 3.86. The number of hydrogen-bond acceptors (Lipinski definition) is 3. The molecule has 0 spiro atoms. The van der Waals surface area contributed by atoms with E-state index in [4.69, 9.17) is 10.00 Å². The number of nitriles is 1. The van der Waals surface area contributed by atoms with Crippen molar-refractivity contribution >= 4 is 11.8 Å². The fourth-order valence-corrected chi connectivity index (χ4v) is 2.15. The van der Waals surface area contributed by atoms with Crippen LogP contribution in [0.4, 0.5) is 0 Å². The molecule has 3 heteroatoms. The normalized spacial score (nSPS) is 9.83. The van der Waals surface area contributed by atoms with Crippen molar-refractivity contribution in [2.24, 2.45) is 0 Å². The molecular weight excluding hydrogens is 242 g/mol. The van der Waals surface area contributed by atoms with Gasteiger partial charge in [0, 0.05) is 4.90 Å². The van der Waals surface area contributed by atoms with Crippen LogP contribution in [-0.4, -0.2) is 6.26 Å². The largest absolute Gasteiger partial charge is 0.455 e. The SMILES string of the molecule is CSc1ccccc1Oc1cc(C)ccc1C#N. The zero-order valence-corrected chi connectivity index (χ0v) is 11.1. The summed E-state index contributed by atoms with van der Waals surface area (Å²) in [5.74, 6) is 1.39. The first-order valence-corrected chi connectivity index (χ1v) is 6.78. The highest BCUT2D eigenvalue weighted by molar-refractivity contribution is 7.98. The van der Waals surface area contributed by atoms with Gasteiger partial charge in [-0.05, 0) is 43.0 Å². The van der Waals surface area contributed by atoms with Crippen LogP contribution in [0.25, 0.3) is 0 Å². The zero-order valence-electron chi connectivity index (χ0n) is 10.3. The third-order valence-corrected chi connectivity index (χ3v) is 3.32. The molecule has 90 valence electrons. The maximum Gasteiger partial charge on any atom is 0.145 e.